The van der Waals surface area contributed by atoms with Crippen LogP contribution in [-0.2, 0) is 16.6 Å². The van der Waals surface area contributed by atoms with Crippen LogP contribution in [0.25, 0.3) is 0 Å². The Balaban J connectivity index is 1.96. The lowest BCUT2D eigenvalue weighted by Gasteiger charge is -2.33. The van der Waals surface area contributed by atoms with Gasteiger partial charge in [-0.3, -0.25) is 4.90 Å². The maximum absolute atomic E-state index is 13.7. The van der Waals surface area contributed by atoms with Crippen LogP contribution in [0.4, 0.5) is 4.39 Å². The summed E-state index contributed by atoms with van der Waals surface area (Å²) in [6.45, 7) is 2.70. The van der Waals surface area contributed by atoms with Gasteiger partial charge in [-0.1, -0.05) is 22.0 Å². The predicted molar refractivity (Wildman–Crippen MR) is 75.8 cm³/mol. The molecule has 1 aromatic rings. The minimum Gasteiger partial charge on any atom is -0.296 e. The first-order valence-electron chi connectivity index (χ1n) is 5.97. The van der Waals surface area contributed by atoms with E-state index < -0.39 is 10.0 Å². The number of nitrogens with zero attached hydrogens (tertiary/aromatic N) is 2. The normalized spacial score (nSPS) is 18.7. The standard InChI is InChI=1S/C12H16BrFN2O2S/c1-19(17,18)16-6-4-15(5-7-16)9-10-2-3-11(13)8-12(10)14/h2-3,8H,4-7,9H2,1H3. The van der Waals surface area contributed by atoms with Gasteiger partial charge in [-0.15, -0.1) is 0 Å². The molecule has 7 heteroatoms. The Morgan fingerprint density at radius 1 is 1.26 bits per heavy atom. The Morgan fingerprint density at radius 2 is 1.89 bits per heavy atom. The largest absolute Gasteiger partial charge is 0.296 e. The molecule has 2 rings (SSSR count). The molecule has 0 spiro atoms. The molecule has 0 unspecified atom stereocenters. The number of hydrogen-bond acceptors (Lipinski definition) is 3. The molecule has 0 saturated carbocycles. The molecular weight excluding hydrogens is 335 g/mol. The molecule has 0 bridgehead atoms. The van der Waals surface area contributed by atoms with Gasteiger partial charge < -0.3 is 0 Å². The van der Waals surface area contributed by atoms with E-state index in [9.17, 15) is 12.8 Å². The highest BCUT2D eigenvalue weighted by Gasteiger charge is 2.23. The average molecular weight is 351 g/mol. The van der Waals surface area contributed by atoms with Gasteiger partial charge in [0, 0.05) is 42.8 Å². The van der Waals surface area contributed by atoms with Crippen molar-refractivity contribution in [3.63, 3.8) is 0 Å². The highest BCUT2D eigenvalue weighted by molar-refractivity contribution is 9.10. The van der Waals surface area contributed by atoms with Crippen molar-refractivity contribution >= 4 is 26.0 Å². The minimum absolute atomic E-state index is 0.236. The summed E-state index contributed by atoms with van der Waals surface area (Å²) in [5.41, 5.74) is 0.635. The third-order valence-electron chi connectivity index (χ3n) is 3.21. The van der Waals surface area contributed by atoms with Crippen molar-refractivity contribution in [1.29, 1.82) is 0 Å². The minimum atomic E-state index is -3.11. The second-order valence-corrected chi connectivity index (χ2v) is 7.57. The zero-order chi connectivity index (χ0) is 14.0. The molecule has 1 aliphatic heterocycles. The highest BCUT2D eigenvalue weighted by atomic mass is 79.9. The van der Waals surface area contributed by atoms with E-state index in [2.05, 4.69) is 20.8 Å². The molecule has 106 valence electrons. The molecule has 1 fully saturated rings. The van der Waals surface area contributed by atoms with E-state index in [1.807, 2.05) is 6.07 Å². The monoisotopic (exact) mass is 350 g/mol. The summed E-state index contributed by atoms with van der Waals surface area (Å²) in [5, 5.41) is 0. The smallest absolute Gasteiger partial charge is 0.211 e. The van der Waals surface area contributed by atoms with Crippen LogP contribution < -0.4 is 0 Å². The second-order valence-electron chi connectivity index (χ2n) is 4.67. The van der Waals surface area contributed by atoms with Gasteiger partial charge in [0.1, 0.15) is 5.82 Å². The fraction of sp³-hybridized carbons (Fsp3) is 0.500. The lowest BCUT2D eigenvalue weighted by atomic mass is 10.2. The summed E-state index contributed by atoms with van der Waals surface area (Å²) in [6, 6.07) is 5.01. The summed E-state index contributed by atoms with van der Waals surface area (Å²) in [6.07, 6.45) is 1.22. The van der Waals surface area contributed by atoms with Gasteiger partial charge in [0.15, 0.2) is 0 Å². The molecule has 0 atom stereocenters. The molecule has 1 aromatic carbocycles. The van der Waals surface area contributed by atoms with Crippen molar-refractivity contribution in [2.45, 2.75) is 6.54 Å². The Bertz CT molecular complexity index is 557. The number of benzene rings is 1. The summed E-state index contributed by atoms with van der Waals surface area (Å²) >= 11 is 3.22. The van der Waals surface area contributed by atoms with Gasteiger partial charge in [-0.2, -0.15) is 4.31 Å². The lowest BCUT2D eigenvalue weighted by molar-refractivity contribution is 0.180. The molecular formula is C12H16BrFN2O2S. The molecule has 19 heavy (non-hydrogen) atoms. The number of sulfonamides is 1. The van der Waals surface area contributed by atoms with Crippen LogP contribution in [-0.4, -0.2) is 50.1 Å². The zero-order valence-corrected chi connectivity index (χ0v) is 13.0. The zero-order valence-electron chi connectivity index (χ0n) is 10.6. The quantitative estimate of drug-likeness (QED) is 0.832. The number of halogens is 2. The first-order chi connectivity index (χ1) is 8.86. The van der Waals surface area contributed by atoms with E-state index in [4.69, 9.17) is 0 Å². The van der Waals surface area contributed by atoms with E-state index >= 15 is 0 Å². The number of rotatable bonds is 3. The van der Waals surface area contributed by atoms with Crippen molar-refractivity contribution in [2.24, 2.45) is 0 Å². The molecule has 0 radical (unpaired) electrons. The first kappa shape index (κ1) is 14.9. The topological polar surface area (TPSA) is 40.6 Å². The molecule has 0 aromatic heterocycles. The van der Waals surface area contributed by atoms with Crippen LogP contribution in [0.1, 0.15) is 5.56 Å². The summed E-state index contributed by atoms with van der Waals surface area (Å²) in [5.74, 6) is -0.236. The molecule has 4 nitrogen and oxygen atoms in total. The van der Waals surface area contributed by atoms with Crippen molar-refractivity contribution in [2.75, 3.05) is 32.4 Å². The highest BCUT2D eigenvalue weighted by Crippen LogP contribution is 2.17. The summed E-state index contributed by atoms with van der Waals surface area (Å²) in [7, 11) is -3.11. The van der Waals surface area contributed by atoms with Crippen molar-refractivity contribution in [1.82, 2.24) is 9.21 Å². The first-order valence-corrected chi connectivity index (χ1v) is 8.62. The molecule has 1 saturated heterocycles. The van der Waals surface area contributed by atoms with E-state index in [-0.39, 0.29) is 5.82 Å². The van der Waals surface area contributed by atoms with Gasteiger partial charge in [-0.05, 0) is 12.1 Å². The number of hydrogen-bond donors (Lipinski definition) is 0. The maximum Gasteiger partial charge on any atom is 0.211 e. The molecule has 0 amide bonds. The fourth-order valence-electron chi connectivity index (χ4n) is 2.11. The predicted octanol–water partition coefficient (Wildman–Crippen LogP) is 1.67. The van der Waals surface area contributed by atoms with Crippen LogP contribution in [0.5, 0.6) is 0 Å². The molecule has 0 aliphatic carbocycles. The third-order valence-corrected chi connectivity index (χ3v) is 5.01. The van der Waals surface area contributed by atoms with Crippen molar-refractivity contribution < 1.29 is 12.8 Å². The van der Waals surface area contributed by atoms with Gasteiger partial charge in [0.2, 0.25) is 10.0 Å². The Kier molecular flexibility index (Phi) is 4.60. The van der Waals surface area contributed by atoms with Crippen LogP contribution in [0.2, 0.25) is 0 Å². The Hall–Kier alpha value is -0.500. The molecule has 1 heterocycles. The summed E-state index contributed by atoms with van der Waals surface area (Å²) < 4.78 is 38.7. The maximum atomic E-state index is 13.7. The van der Waals surface area contributed by atoms with Crippen molar-refractivity contribution in [3.05, 3.63) is 34.1 Å². The summed E-state index contributed by atoms with van der Waals surface area (Å²) in [4.78, 5) is 2.06. The van der Waals surface area contributed by atoms with Gasteiger partial charge in [-0.25, -0.2) is 12.8 Å². The average Bonchev–Trinajstić information content (AvgIpc) is 2.32. The van der Waals surface area contributed by atoms with E-state index in [1.54, 1.807) is 6.07 Å². The van der Waals surface area contributed by atoms with Crippen LogP contribution >= 0.6 is 15.9 Å². The molecule has 1 aliphatic rings. The van der Waals surface area contributed by atoms with E-state index in [0.717, 1.165) is 4.47 Å². The van der Waals surface area contributed by atoms with Gasteiger partial charge >= 0.3 is 0 Å². The third kappa shape index (κ3) is 3.98. The van der Waals surface area contributed by atoms with Crippen LogP contribution in [0, 0.1) is 5.82 Å². The van der Waals surface area contributed by atoms with E-state index in [0.29, 0.717) is 38.3 Å². The van der Waals surface area contributed by atoms with Gasteiger partial charge in [0.05, 0.1) is 6.26 Å². The van der Waals surface area contributed by atoms with Crippen LogP contribution in [0.3, 0.4) is 0 Å². The molecule has 0 N–H and O–H groups in total. The SMILES string of the molecule is CS(=O)(=O)N1CCN(Cc2ccc(Br)cc2F)CC1. The van der Waals surface area contributed by atoms with Gasteiger partial charge in [0.25, 0.3) is 0 Å². The number of piperazine rings is 1. The fourth-order valence-corrected chi connectivity index (χ4v) is 3.27. The van der Waals surface area contributed by atoms with Crippen molar-refractivity contribution in [3.8, 4) is 0 Å². The van der Waals surface area contributed by atoms with Crippen LogP contribution in [0.15, 0.2) is 22.7 Å². The second kappa shape index (κ2) is 5.87. The van der Waals surface area contributed by atoms with E-state index in [1.165, 1.54) is 16.6 Å². The Labute approximate surface area is 121 Å². The lowest BCUT2D eigenvalue weighted by Crippen LogP contribution is -2.47. The Morgan fingerprint density at radius 3 is 2.42 bits per heavy atom.